The molecule has 0 N–H and O–H groups in total. The van der Waals surface area contributed by atoms with E-state index in [9.17, 15) is 0 Å². The zero-order valence-electron chi connectivity index (χ0n) is 6.73. The zero-order chi connectivity index (χ0) is 8.24. The quantitative estimate of drug-likeness (QED) is 0.242. The van der Waals surface area contributed by atoms with Crippen LogP contribution in [0.4, 0.5) is 0 Å². The molecule has 0 atom stereocenters. The van der Waals surface area contributed by atoms with E-state index in [1.54, 1.807) is 0 Å². The monoisotopic (exact) mass is 140 g/mol. The summed E-state index contributed by atoms with van der Waals surface area (Å²) in [5.41, 5.74) is 0. The van der Waals surface area contributed by atoms with E-state index in [0.717, 1.165) is 0 Å². The van der Waals surface area contributed by atoms with Gasteiger partial charge in [-0.1, -0.05) is 32.3 Å². The Bertz CT molecular complexity index is 74.0. The Morgan fingerprint density at radius 3 is 2.30 bits per heavy atom. The third-order valence-corrected chi connectivity index (χ3v) is 1.26. The Balaban J connectivity index is 0. The molecular formula is C9H16O. The summed E-state index contributed by atoms with van der Waals surface area (Å²) in [5, 5.41) is 0. The van der Waals surface area contributed by atoms with Crippen LogP contribution in [-0.2, 0) is 4.65 Å². The normalized spacial score (nSPS) is 7.50. The molecule has 10 heavy (non-hydrogen) atoms. The van der Waals surface area contributed by atoms with Gasteiger partial charge in [0.2, 0.25) is 0 Å². The number of allylic oxidation sites excluding steroid dienone is 1. The summed E-state index contributed by atoms with van der Waals surface area (Å²) < 4.78 is 7.50. The molecule has 0 aromatic carbocycles. The number of unbranched alkanes of at least 4 members (excludes halogenated alkanes) is 4. The van der Waals surface area contributed by atoms with Crippen molar-refractivity contribution in [3.63, 3.8) is 0 Å². The molecule has 1 nitrogen and oxygen atoms in total. The van der Waals surface area contributed by atoms with Gasteiger partial charge in [0.25, 0.3) is 0 Å². The molecule has 58 valence electrons. The van der Waals surface area contributed by atoms with Gasteiger partial charge in [-0.05, 0) is 12.8 Å². The fourth-order valence-electron chi connectivity index (χ4n) is 0.715. The topological polar surface area (TPSA) is 19.9 Å². The third-order valence-electron chi connectivity index (χ3n) is 1.26. The molecule has 0 heterocycles. The van der Waals surface area contributed by atoms with Crippen LogP contribution in [0, 0.1) is 6.65 Å². The van der Waals surface area contributed by atoms with Crippen LogP contribution in [0.1, 0.15) is 39.0 Å². The van der Waals surface area contributed by atoms with Crippen molar-refractivity contribution in [1.29, 1.82) is 0 Å². The van der Waals surface area contributed by atoms with E-state index >= 15 is 0 Å². The van der Waals surface area contributed by atoms with Crippen molar-refractivity contribution in [2.75, 3.05) is 0 Å². The third kappa shape index (κ3) is 15.6. The van der Waals surface area contributed by atoms with E-state index in [-0.39, 0.29) is 0 Å². The second kappa shape index (κ2) is 15.8. The molecule has 0 spiro atoms. The average molecular weight is 140 g/mol. The van der Waals surface area contributed by atoms with Gasteiger partial charge in [-0.15, -0.1) is 6.58 Å². The summed E-state index contributed by atoms with van der Waals surface area (Å²) in [6.07, 6.45) is 8.61. The van der Waals surface area contributed by atoms with E-state index in [1.165, 1.54) is 32.1 Å². The van der Waals surface area contributed by atoms with Gasteiger partial charge < -0.3 is 0 Å². The maximum absolute atomic E-state index is 7.50. The van der Waals surface area contributed by atoms with Crippen LogP contribution in [0.2, 0.25) is 0 Å². The van der Waals surface area contributed by atoms with Crippen molar-refractivity contribution < 1.29 is 4.65 Å². The van der Waals surface area contributed by atoms with Gasteiger partial charge in [0, 0.05) is 0 Å². The molecule has 0 radical (unpaired) electrons. The van der Waals surface area contributed by atoms with Gasteiger partial charge in [-0.2, -0.15) is 0 Å². The summed E-state index contributed by atoms with van der Waals surface area (Å²) in [5.74, 6) is 0. The average Bonchev–Trinajstić information content (AvgIpc) is 2.02. The molecule has 0 unspecified atom stereocenters. The van der Waals surface area contributed by atoms with Crippen LogP contribution >= 0.6 is 0 Å². The standard InChI is InChI=1S/C8H16.CO/c1-3-5-7-8-6-4-2;1-2/h3H,1,4-8H2,2H3;. The second-order valence-electron chi connectivity index (χ2n) is 2.14. The van der Waals surface area contributed by atoms with E-state index in [0.29, 0.717) is 0 Å². The van der Waals surface area contributed by atoms with Crippen LogP contribution in [0.15, 0.2) is 12.7 Å². The van der Waals surface area contributed by atoms with Crippen LogP contribution in [0.5, 0.6) is 0 Å². The first kappa shape index (κ1) is 12.2. The summed E-state index contributed by atoms with van der Waals surface area (Å²) in [4.78, 5) is 0. The molecule has 1 heteroatoms. The Labute approximate surface area is 63.9 Å². The van der Waals surface area contributed by atoms with Crippen molar-refractivity contribution in [2.24, 2.45) is 0 Å². The second-order valence-corrected chi connectivity index (χ2v) is 2.14. The molecule has 0 saturated heterocycles. The first-order valence-corrected chi connectivity index (χ1v) is 3.73. The molecule has 0 aromatic rings. The van der Waals surface area contributed by atoms with Gasteiger partial charge in [-0.3, -0.25) is 0 Å². The van der Waals surface area contributed by atoms with Crippen LogP contribution in [0.25, 0.3) is 0 Å². The summed E-state index contributed by atoms with van der Waals surface area (Å²) in [6.45, 7) is 10.4. The first-order valence-electron chi connectivity index (χ1n) is 3.73. The predicted molar refractivity (Wildman–Crippen MR) is 42.9 cm³/mol. The molecule has 0 aliphatic carbocycles. The van der Waals surface area contributed by atoms with Crippen LogP contribution in [-0.4, -0.2) is 0 Å². The Kier molecular flexibility index (Phi) is 19.3. The molecular weight excluding hydrogens is 124 g/mol. The first-order chi connectivity index (χ1) is 4.91. The molecule has 0 bridgehead atoms. The van der Waals surface area contributed by atoms with Crippen LogP contribution < -0.4 is 0 Å². The Morgan fingerprint density at radius 2 is 1.90 bits per heavy atom. The minimum atomic E-state index is 1.19. The molecule has 0 amide bonds. The SMILES string of the molecule is C=CCCCCCC.[C-]#[O+]. The van der Waals surface area contributed by atoms with Gasteiger partial charge in [0.15, 0.2) is 0 Å². The van der Waals surface area contributed by atoms with Crippen molar-refractivity contribution in [3.05, 3.63) is 19.3 Å². The van der Waals surface area contributed by atoms with Crippen molar-refractivity contribution in [2.45, 2.75) is 39.0 Å². The fraction of sp³-hybridized carbons (Fsp3) is 0.667. The van der Waals surface area contributed by atoms with E-state index in [1.807, 2.05) is 6.08 Å². The van der Waals surface area contributed by atoms with Gasteiger partial charge >= 0.3 is 11.3 Å². The molecule has 0 saturated carbocycles. The molecule has 0 aliphatic heterocycles. The molecule has 0 aromatic heterocycles. The van der Waals surface area contributed by atoms with Crippen molar-refractivity contribution in [1.82, 2.24) is 0 Å². The number of rotatable bonds is 5. The fourth-order valence-corrected chi connectivity index (χ4v) is 0.715. The Morgan fingerprint density at radius 1 is 1.30 bits per heavy atom. The summed E-state index contributed by atoms with van der Waals surface area (Å²) in [7, 11) is 0. The number of hydrogen-bond acceptors (Lipinski definition) is 0. The molecule has 0 rings (SSSR count). The van der Waals surface area contributed by atoms with E-state index in [2.05, 4.69) is 20.2 Å². The van der Waals surface area contributed by atoms with Crippen LogP contribution in [0.3, 0.4) is 0 Å². The molecule has 0 fully saturated rings. The minimum absolute atomic E-state index is 1.19. The van der Waals surface area contributed by atoms with Gasteiger partial charge in [-0.25, -0.2) is 0 Å². The maximum atomic E-state index is 7.50. The zero-order valence-corrected chi connectivity index (χ0v) is 6.73. The van der Waals surface area contributed by atoms with Gasteiger partial charge in [0.05, 0.1) is 0 Å². The summed E-state index contributed by atoms with van der Waals surface area (Å²) >= 11 is 0. The van der Waals surface area contributed by atoms with Crippen molar-refractivity contribution in [3.8, 4) is 0 Å². The summed E-state index contributed by atoms with van der Waals surface area (Å²) in [6, 6.07) is 0. The Hall–Kier alpha value is -0.520. The van der Waals surface area contributed by atoms with E-state index < -0.39 is 0 Å². The molecule has 0 aliphatic rings. The number of hydrogen-bond donors (Lipinski definition) is 0. The van der Waals surface area contributed by atoms with E-state index in [4.69, 9.17) is 4.65 Å². The van der Waals surface area contributed by atoms with Gasteiger partial charge in [0.1, 0.15) is 0 Å². The van der Waals surface area contributed by atoms with Crippen molar-refractivity contribution >= 4 is 0 Å². The predicted octanol–water partition coefficient (Wildman–Crippen LogP) is 3.11.